The van der Waals surface area contributed by atoms with E-state index in [0.29, 0.717) is 0 Å². The first-order valence-corrected chi connectivity index (χ1v) is 8.28. The summed E-state index contributed by atoms with van der Waals surface area (Å²) in [6, 6.07) is 14.1. The maximum atomic E-state index is 6.14. The molecule has 0 aliphatic heterocycles. The Morgan fingerprint density at radius 1 is 1.08 bits per heavy atom. The summed E-state index contributed by atoms with van der Waals surface area (Å²) in [4.78, 5) is 3.31. The zero-order valence-corrected chi connectivity index (χ0v) is 14.8. The van der Waals surface area contributed by atoms with Crippen LogP contribution in [0.1, 0.15) is 23.8 Å². The molecular weight excluding hydrogens is 314 g/mol. The molecule has 25 heavy (non-hydrogen) atoms. The van der Waals surface area contributed by atoms with Gasteiger partial charge in [0, 0.05) is 35.2 Å². The minimum atomic E-state index is -0.779. The van der Waals surface area contributed by atoms with Crippen LogP contribution in [0.5, 0.6) is 5.75 Å². The van der Waals surface area contributed by atoms with Crippen LogP contribution in [0.4, 0.5) is 0 Å². The fraction of sp³-hybridized carbons (Fsp3) is 0.238. The number of para-hydroxylation sites is 1. The standard InChI is InChI=1S/C21H21NO3/c1-13-11-17(23-3)19(15-9-10-22-20(13)15)21(2,24-4)18-12-14-7-5-6-8-16(14)25-18/h5-12,22H,1-4H3. The van der Waals surface area contributed by atoms with Gasteiger partial charge in [-0.15, -0.1) is 0 Å². The lowest BCUT2D eigenvalue weighted by Crippen LogP contribution is -2.26. The molecule has 4 rings (SSSR count). The Kier molecular flexibility index (Phi) is 3.58. The van der Waals surface area contributed by atoms with Crippen molar-refractivity contribution in [1.82, 2.24) is 4.98 Å². The molecule has 0 bridgehead atoms. The molecule has 0 radical (unpaired) electrons. The second-order valence-corrected chi connectivity index (χ2v) is 6.42. The van der Waals surface area contributed by atoms with Gasteiger partial charge in [-0.05, 0) is 43.7 Å². The molecule has 0 saturated carbocycles. The van der Waals surface area contributed by atoms with Gasteiger partial charge < -0.3 is 18.9 Å². The Morgan fingerprint density at radius 3 is 2.60 bits per heavy atom. The molecule has 4 aromatic rings. The molecule has 2 heterocycles. The van der Waals surface area contributed by atoms with E-state index in [9.17, 15) is 0 Å². The molecule has 0 aliphatic carbocycles. The fourth-order valence-electron chi connectivity index (χ4n) is 3.57. The average molecular weight is 335 g/mol. The van der Waals surface area contributed by atoms with E-state index in [1.807, 2.05) is 49.5 Å². The summed E-state index contributed by atoms with van der Waals surface area (Å²) >= 11 is 0. The van der Waals surface area contributed by atoms with Crippen LogP contribution in [0.25, 0.3) is 21.9 Å². The van der Waals surface area contributed by atoms with Gasteiger partial charge in [0.15, 0.2) is 5.60 Å². The van der Waals surface area contributed by atoms with Crippen molar-refractivity contribution < 1.29 is 13.9 Å². The summed E-state index contributed by atoms with van der Waals surface area (Å²) < 4.78 is 17.9. The summed E-state index contributed by atoms with van der Waals surface area (Å²) in [5.41, 5.74) is 3.23. The highest BCUT2D eigenvalue weighted by Gasteiger charge is 2.37. The van der Waals surface area contributed by atoms with Crippen molar-refractivity contribution >= 4 is 21.9 Å². The first-order chi connectivity index (χ1) is 12.1. The number of rotatable bonds is 4. The van der Waals surface area contributed by atoms with Crippen LogP contribution in [-0.2, 0) is 10.3 Å². The number of methoxy groups -OCH3 is 2. The zero-order chi connectivity index (χ0) is 17.6. The van der Waals surface area contributed by atoms with Gasteiger partial charge in [0.2, 0.25) is 0 Å². The number of benzene rings is 2. The monoisotopic (exact) mass is 335 g/mol. The molecule has 1 unspecified atom stereocenters. The lowest BCUT2D eigenvalue weighted by atomic mass is 9.88. The second kappa shape index (κ2) is 5.67. The highest BCUT2D eigenvalue weighted by Crippen LogP contribution is 2.44. The topological polar surface area (TPSA) is 47.4 Å². The van der Waals surface area contributed by atoms with Crippen molar-refractivity contribution in [1.29, 1.82) is 0 Å². The average Bonchev–Trinajstić information content (AvgIpc) is 3.28. The maximum Gasteiger partial charge on any atom is 0.152 e. The summed E-state index contributed by atoms with van der Waals surface area (Å²) in [5, 5.41) is 2.12. The maximum absolute atomic E-state index is 6.14. The molecule has 1 atom stereocenters. The van der Waals surface area contributed by atoms with Crippen LogP contribution in [0.3, 0.4) is 0 Å². The number of aryl methyl sites for hydroxylation is 1. The quantitative estimate of drug-likeness (QED) is 0.561. The molecular formula is C21H21NO3. The Bertz CT molecular complexity index is 1030. The summed E-state index contributed by atoms with van der Waals surface area (Å²) in [6.45, 7) is 4.08. The molecule has 4 nitrogen and oxygen atoms in total. The van der Waals surface area contributed by atoms with Gasteiger partial charge in [-0.2, -0.15) is 0 Å². The number of hydrogen-bond donors (Lipinski definition) is 1. The minimum absolute atomic E-state index is 0.751. The molecule has 0 fully saturated rings. The summed E-state index contributed by atoms with van der Waals surface area (Å²) in [6.07, 6.45) is 1.94. The Morgan fingerprint density at radius 2 is 1.88 bits per heavy atom. The van der Waals surface area contributed by atoms with Crippen LogP contribution < -0.4 is 4.74 Å². The van der Waals surface area contributed by atoms with Crippen molar-refractivity contribution in [2.24, 2.45) is 0 Å². The first-order valence-electron chi connectivity index (χ1n) is 8.28. The van der Waals surface area contributed by atoms with Crippen LogP contribution >= 0.6 is 0 Å². The number of furan rings is 1. The van der Waals surface area contributed by atoms with E-state index in [1.54, 1.807) is 14.2 Å². The van der Waals surface area contributed by atoms with E-state index in [1.165, 1.54) is 0 Å². The van der Waals surface area contributed by atoms with Gasteiger partial charge in [-0.3, -0.25) is 0 Å². The molecule has 2 aromatic carbocycles. The van der Waals surface area contributed by atoms with E-state index < -0.39 is 5.60 Å². The molecule has 2 aromatic heterocycles. The van der Waals surface area contributed by atoms with E-state index in [2.05, 4.69) is 18.0 Å². The lowest BCUT2D eigenvalue weighted by Gasteiger charge is -2.29. The van der Waals surface area contributed by atoms with Crippen molar-refractivity contribution in [3.8, 4) is 5.75 Å². The number of aromatic amines is 1. The molecule has 0 amide bonds. The van der Waals surface area contributed by atoms with Gasteiger partial charge in [-0.1, -0.05) is 18.2 Å². The van der Waals surface area contributed by atoms with Crippen LogP contribution in [-0.4, -0.2) is 19.2 Å². The van der Waals surface area contributed by atoms with E-state index in [-0.39, 0.29) is 0 Å². The zero-order valence-electron chi connectivity index (χ0n) is 14.8. The highest BCUT2D eigenvalue weighted by molar-refractivity contribution is 5.90. The molecule has 0 saturated heterocycles. The predicted molar refractivity (Wildman–Crippen MR) is 99.3 cm³/mol. The van der Waals surface area contributed by atoms with Crippen LogP contribution in [0, 0.1) is 6.92 Å². The minimum Gasteiger partial charge on any atom is -0.496 e. The summed E-state index contributed by atoms with van der Waals surface area (Å²) in [5.74, 6) is 1.54. The predicted octanol–water partition coefficient (Wildman–Crippen LogP) is 5.14. The van der Waals surface area contributed by atoms with Gasteiger partial charge in [0.05, 0.1) is 7.11 Å². The number of H-pyrrole nitrogens is 1. The number of aromatic nitrogens is 1. The second-order valence-electron chi connectivity index (χ2n) is 6.42. The Hall–Kier alpha value is -2.72. The normalized spacial score (nSPS) is 14.1. The largest absolute Gasteiger partial charge is 0.496 e. The van der Waals surface area contributed by atoms with Gasteiger partial charge in [0.1, 0.15) is 17.1 Å². The van der Waals surface area contributed by atoms with Gasteiger partial charge in [0.25, 0.3) is 0 Å². The van der Waals surface area contributed by atoms with Gasteiger partial charge >= 0.3 is 0 Å². The Balaban J connectivity index is 2.04. The highest BCUT2D eigenvalue weighted by atomic mass is 16.5. The number of hydrogen-bond acceptors (Lipinski definition) is 3. The van der Waals surface area contributed by atoms with Crippen LogP contribution in [0.2, 0.25) is 0 Å². The Labute approximate surface area is 146 Å². The van der Waals surface area contributed by atoms with Crippen molar-refractivity contribution in [2.45, 2.75) is 19.4 Å². The van der Waals surface area contributed by atoms with Crippen molar-refractivity contribution in [2.75, 3.05) is 14.2 Å². The smallest absolute Gasteiger partial charge is 0.152 e. The third-order valence-electron chi connectivity index (χ3n) is 5.01. The molecule has 0 aliphatic rings. The number of ether oxygens (including phenoxy) is 2. The van der Waals surface area contributed by atoms with E-state index in [0.717, 1.165) is 44.5 Å². The number of fused-ring (bicyclic) bond motifs is 2. The SMILES string of the molecule is COc1cc(C)c2[nH]ccc2c1C(C)(OC)c1cc2ccccc2o1. The third-order valence-corrected chi connectivity index (χ3v) is 5.01. The summed E-state index contributed by atoms with van der Waals surface area (Å²) in [7, 11) is 3.39. The number of nitrogens with one attached hydrogen (secondary N) is 1. The lowest BCUT2D eigenvalue weighted by molar-refractivity contribution is 0.0211. The third kappa shape index (κ3) is 2.25. The molecule has 1 N–H and O–H groups in total. The fourth-order valence-corrected chi connectivity index (χ4v) is 3.57. The van der Waals surface area contributed by atoms with Crippen LogP contribution in [0.15, 0.2) is 53.1 Å². The van der Waals surface area contributed by atoms with E-state index >= 15 is 0 Å². The van der Waals surface area contributed by atoms with Crippen molar-refractivity contribution in [3.63, 3.8) is 0 Å². The molecule has 4 heteroatoms. The van der Waals surface area contributed by atoms with E-state index in [4.69, 9.17) is 13.9 Å². The molecule has 128 valence electrons. The first kappa shape index (κ1) is 15.8. The molecule has 0 spiro atoms. The van der Waals surface area contributed by atoms with Gasteiger partial charge in [-0.25, -0.2) is 0 Å². The van der Waals surface area contributed by atoms with Crippen molar-refractivity contribution in [3.05, 3.63) is 65.5 Å².